The zero-order chi connectivity index (χ0) is 25.1. The molecule has 3 heterocycles. The number of para-hydroxylation sites is 1. The first-order chi connectivity index (χ1) is 18.8. The van der Waals surface area contributed by atoms with E-state index in [0.717, 1.165) is 18.9 Å². The number of benzene rings is 5. The molecule has 0 fully saturated rings. The molecule has 0 aliphatic carbocycles. The van der Waals surface area contributed by atoms with Crippen molar-refractivity contribution in [1.82, 2.24) is 4.57 Å². The number of amidine groups is 1. The number of fused-ring (bicyclic) bond motifs is 7. The lowest BCUT2D eigenvalue weighted by Gasteiger charge is -2.15. The maximum atomic E-state index is 5.29. The molecule has 180 valence electrons. The summed E-state index contributed by atoms with van der Waals surface area (Å²) in [5, 5.41) is 5.16. The molecule has 0 N–H and O–H groups in total. The Balaban J connectivity index is 1.49. The minimum Gasteiger partial charge on any atom is -0.287 e. The van der Waals surface area contributed by atoms with Gasteiger partial charge in [-0.05, 0) is 32.9 Å². The Morgan fingerprint density at radius 3 is 2.03 bits per heavy atom. The van der Waals surface area contributed by atoms with Gasteiger partial charge in [-0.2, -0.15) is 0 Å². The number of halogens is 1. The number of hydrogen-bond acceptors (Lipinski definition) is 3. The lowest BCUT2D eigenvalue weighted by molar-refractivity contribution is 1.32. The Hall–Kier alpha value is -3.94. The van der Waals surface area contributed by atoms with Crippen molar-refractivity contribution in [1.29, 1.82) is 0 Å². The Morgan fingerprint density at radius 1 is 0.553 bits per heavy atom. The summed E-state index contributed by atoms with van der Waals surface area (Å²) >= 11 is 1.23. The molecule has 0 atom stereocenters. The van der Waals surface area contributed by atoms with E-state index >= 15 is 0 Å². The molecule has 0 bridgehead atoms. The summed E-state index contributed by atoms with van der Waals surface area (Å²) in [5.41, 5.74) is 4.67. The quantitative estimate of drug-likeness (QED) is 0.174. The number of thiophene rings is 1. The van der Waals surface area contributed by atoms with Crippen molar-refractivity contribution in [2.45, 2.75) is 0 Å². The average molecular weight is 618 g/mol. The molecule has 0 unspecified atom stereocenters. The van der Waals surface area contributed by atoms with E-state index in [1.807, 2.05) is 17.4 Å². The summed E-state index contributed by atoms with van der Waals surface area (Å²) in [6.45, 7) is 0. The second kappa shape index (κ2) is 8.82. The molecule has 1 aliphatic rings. The molecule has 5 heteroatoms. The molecule has 38 heavy (non-hydrogen) atoms. The Labute approximate surface area is 233 Å². The van der Waals surface area contributed by atoms with Gasteiger partial charge in [-0.25, -0.2) is 9.98 Å². The van der Waals surface area contributed by atoms with Gasteiger partial charge in [0, 0.05) is 37.4 Å². The first-order valence-corrected chi connectivity index (χ1v) is 15.5. The molecule has 0 saturated carbocycles. The highest BCUT2D eigenvalue weighted by Gasteiger charge is 2.22. The highest BCUT2D eigenvalue weighted by Crippen LogP contribution is 2.42. The van der Waals surface area contributed by atoms with Gasteiger partial charge in [-0.3, -0.25) is 4.57 Å². The zero-order valence-corrected chi connectivity index (χ0v) is 23.1. The number of aromatic nitrogens is 1. The molecule has 5 aromatic carbocycles. The SMILES string of the molecule is c1ccc(C2=NC(c3ccccc3)=IC(n3c4ccccc4c4ccc5c6ccccc6sc5c43)=N2)cc1. The van der Waals surface area contributed by atoms with Crippen LogP contribution in [0.4, 0.5) is 0 Å². The second-order valence-corrected chi connectivity index (χ2v) is 12.8. The maximum Gasteiger partial charge on any atom is 0.175 e. The number of hydrogen-bond donors (Lipinski definition) is 0. The van der Waals surface area contributed by atoms with Crippen LogP contribution in [0.5, 0.6) is 0 Å². The number of aliphatic imine (C=N–C) groups is 2. The van der Waals surface area contributed by atoms with Crippen LogP contribution < -0.4 is 0 Å². The molecule has 2 aromatic heterocycles. The summed E-state index contributed by atoms with van der Waals surface area (Å²) < 4.78 is 7.32. The standard InChI is InChI=1S/C33H20IN3S/c1-3-11-21(12-4-1)31-34-33(36-32(35-31)22-13-5-2-6-14-22)37-27-17-9-7-15-23(27)25-19-20-26-24-16-8-10-18-28(24)38-30(26)29(25)37/h1-20H. The van der Waals surface area contributed by atoms with Crippen LogP contribution in [-0.4, -0.2) is 17.9 Å². The number of nitrogens with zero attached hydrogens (tertiary/aromatic N) is 3. The summed E-state index contributed by atoms with van der Waals surface area (Å²) in [6.07, 6.45) is 0. The molecule has 0 radical (unpaired) electrons. The molecule has 0 amide bonds. The van der Waals surface area contributed by atoms with E-state index in [9.17, 15) is 0 Å². The summed E-state index contributed by atoms with van der Waals surface area (Å²) in [4.78, 5) is 10.4. The zero-order valence-electron chi connectivity index (χ0n) is 20.2. The van der Waals surface area contributed by atoms with Crippen LogP contribution in [0, 0.1) is 0 Å². The normalized spacial score (nSPS) is 13.9. The third kappa shape index (κ3) is 3.42. The van der Waals surface area contributed by atoms with Crippen LogP contribution in [0.25, 0.3) is 42.0 Å². The van der Waals surface area contributed by atoms with Gasteiger partial charge in [-0.1, -0.05) is 109 Å². The molecule has 8 rings (SSSR count). The highest BCUT2D eigenvalue weighted by molar-refractivity contribution is 14.2. The second-order valence-electron chi connectivity index (χ2n) is 9.22. The van der Waals surface area contributed by atoms with Crippen LogP contribution in [0.15, 0.2) is 131 Å². The molecule has 3 nitrogen and oxygen atoms in total. The fraction of sp³-hybridized carbons (Fsp3) is 0. The van der Waals surface area contributed by atoms with Gasteiger partial charge in [0.05, 0.1) is 15.7 Å². The van der Waals surface area contributed by atoms with Gasteiger partial charge in [0.15, 0.2) is 9.68 Å². The van der Waals surface area contributed by atoms with Crippen molar-refractivity contribution in [2.75, 3.05) is 0 Å². The predicted molar refractivity (Wildman–Crippen MR) is 173 cm³/mol. The van der Waals surface area contributed by atoms with Crippen molar-refractivity contribution < 1.29 is 0 Å². The van der Waals surface area contributed by atoms with Gasteiger partial charge in [0.2, 0.25) is 0 Å². The third-order valence-corrected chi connectivity index (χ3v) is 10.8. The third-order valence-electron chi connectivity index (χ3n) is 6.98. The van der Waals surface area contributed by atoms with Gasteiger partial charge >= 0.3 is 0 Å². The Morgan fingerprint density at radius 2 is 1.21 bits per heavy atom. The van der Waals surface area contributed by atoms with Crippen LogP contribution in [0.3, 0.4) is 0 Å². The average Bonchev–Trinajstić information content (AvgIpc) is 3.54. The Bertz CT molecular complexity index is 2080. The van der Waals surface area contributed by atoms with Crippen molar-refractivity contribution in [3.8, 4) is 0 Å². The molecule has 0 spiro atoms. The first kappa shape index (κ1) is 22.1. The highest BCUT2D eigenvalue weighted by atomic mass is 127. The number of rotatable bonds is 2. The van der Waals surface area contributed by atoms with Crippen LogP contribution >= 0.6 is 32.1 Å². The topological polar surface area (TPSA) is 29.6 Å². The van der Waals surface area contributed by atoms with Crippen molar-refractivity contribution in [3.63, 3.8) is 0 Å². The monoisotopic (exact) mass is 617 g/mol. The maximum absolute atomic E-state index is 5.29. The molecule has 7 aromatic rings. The first-order valence-electron chi connectivity index (χ1n) is 12.5. The van der Waals surface area contributed by atoms with Crippen LogP contribution in [0.2, 0.25) is 0 Å². The fourth-order valence-corrected chi connectivity index (χ4v) is 9.06. The fourth-order valence-electron chi connectivity index (χ4n) is 5.25. The molecule has 1 aliphatic heterocycles. The van der Waals surface area contributed by atoms with Gasteiger partial charge in [0.1, 0.15) is 3.63 Å². The van der Waals surface area contributed by atoms with E-state index < -0.39 is 20.7 Å². The predicted octanol–water partition coefficient (Wildman–Crippen LogP) is 8.98. The molecular weight excluding hydrogens is 597 g/mol. The van der Waals surface area contributed by atoms with E-state index in [1.54, 1.807) is 0 Å². The van der Waals surface area contributed by atoms with E-state index in [-0.39, 0.29) is 0 Å². The van der Waals surface area contributed by atoms with Crippen molar-refractivity contribution in [2.24, 2.45) is 9.98 Å². The van der Waals surface area contributed by atoms with Crippen molar-refractivity contribution >= 4 is 87.4 Å². The lowest BCUT2D eigenvalue weighted by atomic mass is 10.1. The van der Waals surface area contributed by atoms with Gasteiger partial charge in [-0.15, -0.1) is 11.3 Å². The van der Waals surface area contributed by atoms with E-state index in [1.165, 1.54) is 47.5 Å². The van der Waals surface area contributed by atoms with Crippen molar-refractivity contribution in [3.05, 3.63) is 132 Å². The molecule has 0 saturated heterocycles. The lowest BCUT2D eigenvalue weighted by Crippen LogP contribution is -2.15. The summed E-state index contributed by atoms with van der Waals surface area (Å²) in [6, 6.07) is 43.0. The minimum atomic E-state index is -0.651. The summed E-state index contributed by atoms with van der Waals surface area (Å²) in [7, 11) is 0. The van der Waals surface area contributed by atoms with Gasteiger partial charge in [0.25, 0.3) is 0 Å². The van der Waals surface area contributed by atoms with E-state index in [4.69, 9.17) is 9.98 Å². The Kier molecular flexibility index (Phi) is 5.13. The largest absolute Gasteiger partial charge is 0.287 e. The smallest absolute Gasteiger partial charge is 0.175 e. The van der Waals surface area contributed by atoms with Crippen LogP contribution in [0.1, 0.15) is 11.1 Å². The van der Waals surface area contributed by atoms with E-state index in [0.29, 0.717) is 0 Å². The van der Waals surface area contributed by atoms with Crippen LogP contribution in [-0.2, 0) is 0 Å². The van der Waals surface area contributed by atoms with Gasteiger partial charge < -0.3 is 0 Å². The molecular formula is C33H20IN3S. The minimum absolute atomic E-state index is 0.651. The van der Waals surface area contributed by atoms with E-state index in [2.05, 4.69) is 120 Å². The summed E-state index contributed by atoms with van der Waals surface area (Å²) in [5.74, 6) is 0.778.